The molecule has 3 aliphatic rings. The number of benzene rings is 1. The van der Waals surface area contributed by atoms with Gasteiger partial charge < -0.3 is 20.8 Å². The zero-order chi connectivity index (χ0) is 33.1. The van der Waals surface area contributed by atoms with Gasteiger partial charge in [-0.15, -0.1) is 0 Å². The number of phenolic OH excluding ortho intramolecular Hbond substituents is 1. The summed E-state index contributed by atoms with van der Waals surface area (Å²) in [5.41, 5.74) is 0.523. The third-order valence-electron chi connectivity index (χ3n) is 7.24. The summed E-state index contributed by atoms with van der Waals surface area (Å²) in [6.07, 6.45) is -15.0. The molecule has 1 amide bonds. The Bertz CT molecular complexity index is 1650. The maximum atomic E-state index is 13.7. The van der Waals surface area contributed by atoms with Gasteiger partial charge in [0.1, 0.15) is 35.2 Å². The largest absolute Gasteiger partial charge is 0.506 e. The van der Waals surface area contributed by atoms with Crippen LogP contribution in [0.15, 0.2) is 34.4 Å². The lowest BCUT2D eigenvalue weighted by Crippen LogP contribution is -2.41. The number of nitrogens with one attached hydrogen (secondary N) is 3. The number of aliphatic hydroxyl groups is 1. The van der Waals surface area contributed by atoms with Gasteiger partial charge in [0.25, 0.3) is 0 Å². The summed E-state index contributed by atoms with van der Waals surface area (Å²) in [4.78, 5) is 30.0. The van der Waals surface area contributed by atoms with Crippen LogP contribution in [0.1, 0.15) is 36.7 Å². The van der Waals surface area contributed by atoms with E-state index in [1.54, 1.807) is 0 Å². The number of phenols is 1. The Labute approximate surface area is 252 Å². The van der Waals surface area contributed by atoms with Crippen molar-refractivity contribution in [2.45, 2.75) is 49.6 Å². The number of alkyl halides is 8. The molecule has 3 aliphatic heterocycles. The number of aromatic nitrogens is 2. The molecule has 20 heteroatoms. The number of halogens is 9. The van der Waals surface area contributed by atoms with E-state index in [1.165, 1.54) is 30.3 Å². The van der Waals surface area contributed by atoms with Gasteiger partial charge in [0.15, 0.2) is 17.8 Å². The molecule has 2 atom stereocenters. The molecule has 5 N–H and O–H groups in total. The summed E-state index contributed by atoms with van der Waals surface area (Å²) in [5, 5.41) is 25.8. The van der Waals surface area contributed by atoms with Crippen LogP contribution in [-0.4, -0.2) is 80.2 Å². The Morgan fingerprint density at radius 1 is 1.16 bits per heavy atom. The van der Waals surface area contributed by atoms with Crippen LogP contribution in [0.5, 0.6) is 5.75 Å². The van der Waals surface area contributed by atoms with Crippen molar-refractivity contribution >= 4 is 46.4 Å². The molecular formula is C25H21ClF8N8O3. The molecule has 0 radical (unpaired) electrons. The van der Waals surface area contributed by atoms with Crippen molar-refractivity contribution in [2.75, 3.05) is 23.8 Å². The van der Waals surface area contributed by atoms with Gasteiger partial charge in [-0.1, -0.05) is 17.7 Å². The molecule has 11 nitrogen and oxygen atoms in total. The maximum Gasteiger partial charge on any atom is 0.453 e. The highest BCUT2D eigenvalue weighted by Crippen LogP contribution is 2.47. The molecule has 0 saturated carbocycles. The molecule has 4 heterocycles. The number of rotatable bonds is 8. The molecule has 0 aliphatic carbocycles. The van der Waals surface area contributed by atoms with Gasteiger partial charge in [-0.05, 0) is 31.0 Å². The second-order valence-corrected chi connectivity index (χ2v) is 10.7. The zero-order valence-electron chi connectivity index (χ0n) is 22.7. The van der Waals surface area contributed by atoms with Crippen LogP contribution in [0, 0.1) is 0 Å². The van der Waals surface area contributed by atoms with E-state index in [4.69, 9.17) is 11.6 Å². The molecule has 242 valence electrons. The number of nitrogens with zero attached hydrogens (tertiary/aromatic N) is 5. The first-order chi connectivity index (χ1) is 20.8. The summed E-state index contributed by atoms with van der Waals surface area (Å²) < 4.78 is 105. The molecule has 1 aromatic heterocycles. The first-order valence-corrected chi connectivity index (χ1v) is 13.2. The van der Waals surface area contributed by atoms with Crippen LogP contribution >= 0.6 is 11.6 Å². The van der Waals surface area contributed by atoms with Crippen LogP contribution in [0.2, 0.25) is 5.02 Å². The maximum absolute atomic E-state index is 13.7. The second kappa shape index (κ2) is 11.1. The number of anilines is 2. The summed E-state index contributed by atoms with van der Waals surface area (Å²) in [7, 11) is 0. The normalized spacial score (nSPS) is 20.6. The minimum Gasteiger partial charge on any atom is -0.506 e. The fraction of sp³-hybridized carbons (Fsp3) is 0.400. The first kappa shape index (κ1) is 32.3. The van der Waals surface area contributed by atoms with E-state index in [1.807, 2.05) is 0 Å². The molecule has 2 aromatic rings. The van der Waals surface area contributed by atoms with E-state index >= 15 is 0 Å². The average molecular weight is 669 g/mol. The molecule has 0 fully saturated rings. The number of aromatic hydroxyl groups is 1. The van der Waals surface area contributed by atoms with E-state index in [9.17, 15) is 50.1 Å². The summed E-state index contributed by atoms with van der Waals surface area (Å²) in [5.74, 6) is -7.22. The van der Waals surface area contributed by atoms with Crippen LogP contribution in [-0.2, 0) is 10.2 Å². The molecule has 45 heavy (non-hydrogen) atoms. The number of amides is 1. The lowest BCUT2D eigenvalue weighted by molar-refractivity contribution is -0.283. The third-order valence-corrected chi connectivity index (χ3v) is 7.56. The van der Waals surface area contributed by atoms with Gasteiger partial charge in [0.05, 0.1) is 29.0 Å². The SMILES string of the molecule is CC1(c2ccc(Cl)c(O)c2)C(=O)Nc2nc(C3=CN4NCN=C4C(CCC(F)(F)C(F)(F)F)=N3)nc(NCC(O)C(F)(F)F)c21. The topological polar surface area (TPSA) is 147 Å². The lowest BCUT2D eigenvalue weighted by atomic mass is 9.77. The van der Waals surface area contributed by atoms with Gasteiger partial charge >= 0.3 is 18.3 Å². The van der Waals surface area contributed by atoms with Crippen molar-refractivity contribution in [2.24, 2.45) is 9.98 Å². The number of hydrogen-bond donors (Lipinski definition) is 5. The van der Waals surface area contributed by atoms with Crippen LogP contribution in [0.25, 0.3) is 5.70 Å². The minimum absolute atomic E-state index is 0.0482. The Balaban J connectivity index is 1.60. The summed E-state index contributed by atoms with van der Waals surface area (Å²) >= 11 is 5.90. The Morgan fingerprint density at radius 3 is 2.51 bits per heavy atom. The standard InChI is InChI=1S/C25H21ClF8N8O3/c1-22(10-2-3-11(26)14(43)6-10)16-18(35-7-15(44)24(29,30)31)39-17(40-19(16)41-21(22)45)13-8-42-20(36-9-37-42)12(38-13)4-5-23(27,28)25(32,33)34/h2-3,6,8,15,37,43-44H,4-5,7,9H2,1H3,(H2,35,39,40,41,45). The number of fused-ring (bicyclic) bond motifs is 2. The van der Waals surface area contributed by atoms with Crippen molar-refractivity contribution in [3.63, 3.8) is 0 Å². The Hall–Kier alpha value is -4.10. The Morgan fingerprint density at radius 2 is 1.87 bits per heavy atom. The van der Waals surface area contributed by atoms with Gasteiger partial charge in [-0.3, -0.25) is 9.80 Å². The number of carbonyl (C=O) groups is 1. The molecule has 2 unspecified atom stereocenters. The van der Waals surface area contributed by atoms with Crippen LogP contribution in [0.3, 0.4) is 0 Å². The quantitative estimate of drug-likeness (QED) is 0.261. The van der Waals surface area contributed by atoms with Gasteiger partial charge in [-0.25, -0.2) is 25.4 Å². The second-order valence-electron chi connectivity index (χ2n) is 10.2. The third kappa shape index (κ3) is 5.86. The fourth-order valence-electron chi connectivity index (χ4n) is 4.74. The average Bonchev–Trinajstić information content (AvgIpc) is 3.53. The lowest BCUT2D eigenvalue weighted by Gasteiger charge is -2.26. The molecule has 1 aromatic carbocycles. The number of amidine groups is 1. The van der Waals surface area contributed by atoms with E-state index < -0.39 is 60.8 Å². The monoisotopic (exact) mass is 668 g/mol. The van der Waals surface area contributed by atoms with Crippen molar-refractivity contribution in [1.82, 2.24) is 20.4 Å². The highest BCUT2D eigenvalue weighted by Gasteiger charge is 2.57. The highest BCUT2D eigenvalue weighted by molar-refractivity contribution is 6.43. The van der Waals surface area contributed by atoms with Crippen molar-refractivity contribution in [3.8, 4) is 5.75 Å². The van der Waals surface area contributed by atoms with Crippen molar-refractivity contribution in [3.05, 3.63) is 46.4 Å². The zero-order valence-corrected chi connectivity index (χ0v) is 23.4. The van der Waals surface area contributed by atoms with E-state index in [2.05, 4.69) is 36.0 Å². The minimum atomic E-state index is -5.81. The number of hydrazine groups is 1. The van der Waals surface area contributed by atoms with E-state index in [-0.39, 0.29) is 57.5 Å². The van der Waals surface area contributed by atoms with Crippen molar-refractivity contribution in [1.29, 1.82) is 0 Å². The Kier molecular flexibility index (Phi) is 7.94. The predicted molar refractivity (Wildman–Crippen MR) is 144 cm³/mol. The van der Waals surface area contributed by atoms with Crippen LogP contribution < -0.4 is 16.1 Å². The van der Waals surface area contributed by atoms with Gasteiger partial charge in [0, 0.05) is 6.42 Å². The smallest absolute Gasteiger partial charge is 0.453 e. The summed E-state index contributed by atoms with van der Waals surface area (Å²) in [6.45, 7) is 0.162. The predicted octanol–water partition coefficient (Wildman–Crippen LogP) is 4.34. The van der Waals surface area contributed by atoms with E-state index in [0.717, 1.165) is 6.07 Å². The molecule has 0 spiro atoms. The van der Waals surface area contributed by atoms with Gasteiger partial charge in [0.2, 0.25) is 5.91 Å². The van der Waals surface area contributed by atoms with Crippen molar-refractivity contribution < 1.29 is 50.1 Å². The summed E-state index contributed by atoms with van der Waals surface area (Å²) in [6, 6.07) is 3.83. The van der Waals surface area contributed by atoms with E-state index in [0.29, 0.717) is 0 Å². The first-order valence-electron chi connectivity index (χ1n) is 12.9. The number of aliphatic hydroxyl groups excluding tert-OH is 1. The molecule has 0 saturated heterocycles. The van der Waals surface area contributed by atoms with Gasteiger partial charge in [-0.2, -0.15) is 35.1 Å². The molecule has 0 bridgehead atoms. The van der Waals surface area contributed by atoms with Crippen LogP contribution in [0.4, 0.5) is 46.8 Å². The number of hydrogen-bond acceptors (Lipinski definition) is 10. The highest BCUT2D eigenvalue weighted by atomic mass is 35.5. The molecular weight excluding hydrogens is 648 g/mol. The molecule has 5 rings (SSSR count). The number of aliphatic imine (C=N–C) groups is 2. The fourth-order valence-corrected chi connectivity index (χ4v) is 4.85. The number of carbonyl (C=O) groups excluding carboxylic acids is 1.